The van der Waals surface area contributed by atoms with Crippen LogP contribution >= 0.6 is 0 Å². The van der Waals surface area contributed by atoms with Gasteiger partial charge < -0.3 is 10.2 Å². The summed E-state index contributed by atoms with van der Waals surface area (Å²) in [7, 11) is 1.97. The fourth-order valence-electron chi connectivity index (χ4n) is 2.78. The molecule has 0 radical (unpaired) electrons. The first-order valence-electron chi connectivity index (χ1n) is 7.17. The molecule has 0 aliphatic heterocycles. The molecule has 2 rings (SSSR count). The number of allylic oxidation sites excluding steroid dienone is 1. The second-order valence-electron chi connectivity index (χ2n) is 5.46. The Balaban J connectivity index is 1.67. The highest BCUT2D eigenvalue weighted by molar-refractivity contribution is 4.90. The second kappa shape index (κ2) is 7.21. The molecule has 5 heteroatoms. The van der Waals surface area contributed by atoms with Crippen LogP contribution in [0.4, 0.5) is 0 Å². The minimum atomic E-state index is -0.125. The fraction of sp³-hybridized carbons (Fsp3) is 0.846. The molecular weight excluding hydrogens is 230 g/mol. The molecule has 0 heterocycles. The van der Waals surface area contributed by atoms with Gasteiger partial charge in [0.05, 0.1) is 13.1 Å². The molecule has 2 aliphatic carbocycles. The van der Waals surface area contributed by atoms with Crippen LogP contribution in [-0.2, 0) is 4.94 Å². The quantitative estimate of drug-likeness (QED) is 0.554. The summed E-state index contributed by atoms with van der Waals surface area (Å²) in [5, 5.41) is 12.7. The van der Waals surface area contributed by atoms with Gasteiger partial charge in [0, 0.05) is 25.7 Å². The first kappa shape index (κ1) is 14.0. The van der Waals surface area contributed by atoms with Crippen LogP contribution in [0.15, 0.2) is 12.2 Å². The van der Waals surface area contributed by atoms with Gasteiger partial charge in [-0.05, 0) is 19.3 Å². The maximum atomic E-state index is 11.8. The van der Waals surface area contributed by atoms with Gasteiger partial charge in [-0.25, -0.2) is 10.2 Å². The highest BCUT2D eigenvalue weighted by atomic mass is 17.0. The topological polar surface area (TPSA) is 55.3 Å². The van der Waals surface area contributed by atoms with E-state index in [-0.39, 0.29) is 11.3 Å². The molecule has 0 aromatic heterocycles. The molecule has 0 aromatic carbocycles. The lowest BCUT2D eigenvalue weighted by Crippen LogP contribution is -3.16. The molecule has 0 saturated heterocycles. The molecule has 1 fully saturated rings. The molecule has 3 unspecified atom stereocenters. The van der Waals surface area contributed by atoms with E-state index in [1.807, 2.05) is 7.05 Å². The van der Waals surface area contributed by atoms with Gasteiger partial charge in [-0.3, -0.25) is 5.59 Å². The Hall–Kier alpha value is -0.460. The van der Waals surface area contributed by atoms with Crippen molar-refractivity contribution in [2.45, 2.75) is 63.5 Å². The Morgan fingerprint density at radius 3 is 2.56 bits per heavy atom. The van der Waals surface area contributed by atoms with Crippen molar-refractivity contribution in [2.24, 2.45) is 0 Å². The summed E-state index contributed by atoms with van der Waals surface area (Å²) >= 11 is 0. The molecular formula is C13H25N3O2. The summed E-state index contributed by atoms with van der Waals surface area (Å²) < 4.78 is 0. The predicted molar refractivity (Wildman–Crippen MR) is 69.3 cm³/mol. The number of rotatable bonds is 5. The standard InChI is InChI=1S/C13H25N3O2/c1-15(12-8-4-2-5-9-12)14-18-16(17)13-10-6-3-7-11-13/h2,4,12-13,15-16H,3,5-11H2,1H3. The molecule has 2 aliphatic rings. The normalized spacial score (nSPS) is 29.1. The van der Waals surface area contributed by atoms with Crippen LogP contribution in [0.5, 0.6) is 0 Å². The number of hydrogen-bond donors (Lipinski definition) is 2. The maximum absolute atomic E-state index is 11.8. The second-order valence-corrected chi connectivity index (χ2v) is 5.46. The Labute approximate surface area is 109 Å². The van der Waals surface area contributed by atoms with Gasteiger partial charge in [0.1, 0.15) is 6.04 Å². The first-order valence-corrected chi connectivity index (χ1v) is 7.17. The summed E-state index contributed by atoms with van der Waals surface area (Å²) in [5.41, 5.74) is 4.06. The van der Waals surface area contributed by atoms with Crippen LogP contribution in [0.2, 0.25) is 0 Å². The Bertz CT molecular complexity index is 267. The first-order chi connectivity index (χ1) is 8.77. The van der Waals surface area contributed by atoms with Crippen molar-refractivity contribution >= 4 is 0 Å². The zero-order chi connectivity index (χ0) is 12.8. The Kier molecular flexibility index (Phi) is 5.59. The minimum absolute atomic E-state index is 0.0848. The Morgan fingerprint density at radius 1 is 1.11 bits per heavy atom. The van der Waals surface area contributed by atoms with Gasteiger partial charge in [-0.2, -0.15) is 0 Å². The molecule has 0 bridgehead atoms. The van der Waals surface area contributed by atoms with Gasteiger partial charge >= 0.3 is 0 Å². The van der Waals surface area contributed by atoms with Crippen molar-refractivity contribution < 1.29 is 15.2 Å². The van der Waals surface area contributed by atoms with E-state index < -0.39 is 0 Å². The van der Waals surface area contributed by atoms with Crippen LogP contribution in [0.25, 0.3) is 5.59 Å². The summed E-state index contributed by atoms with van der Waals surface area (Å²) in [6, 6.07) is 0.538. The van der Waals surface area contributed by atoms with Gasteiger partial charge in [0.25, 0.3) is 0 Å². The molecule has 0 amide bonds. The van der Waals surface area contributed by atoms with E-state index in [1.165, 1.54) is 6.42 Å². The maximum Gasteiger partial charge on any atom is 0.116 e. The molecule has 0 spiro atoms. The number of nitrogens with one attached hydrogen (secondary N) is 2. The van der Waals surface area contributed by atoms with Crippen molar-refractivity contribution in [3.63, 3.8) is 0 Å². The van der Waals surface area contributed by atoms with E-state index in [4.69, 9.17) is 4.94 Å². The van der Waals surface area contributed by atoms with Gasteiger partial charge in [0.2, 0.25) is 0 Å². The average Bonchev–Trinajstić information content (AvgIpc) is 2.46. The molecule has 5 nitrogen and oxygen atoms in total. The lowest BCUT2D eigenvalue weighted by atomic mass is 9.96. The highest BCUT2D eigenvalue weighted by Crippen LogP contribution is 2.15. The van der Waals surface area contributed by atoms with E-state index in [2.05, 4.69) is 17.7 Å². The van der Waals surface area contributed by atoms with Crippen LogP contribution in [0.3, 0.4) is 0 Å². The van der Waals surface area contributed by atoms with Crippen LogP contribution in [0.1, 0.15) is 51.4 Å². The van der Waals surface area contributed by atoms with E-state index in [1.54, 1.807) is 0 Å². The van der Waals surface area contributed by atoms with Crippen LogP contribution < -0.4 is 10.2 Å². The number of hydroxylamine groups is 2. The third kappa shape index (κ3) is 4.03. The summed E-state index contributed by atoms with van der Waals surface area (Å²) in [6.07, 6.45) is 13.1. The van der Waals surface area contributed by atoms with Gasteiger partial charge in [-0.15, -0.1) is 0 Å². The van der Waals surface area contributed by atoms with Crippen molar-refractivity contribution in [1.29, 1.82) is 0 Å². The van der Waals surface area contributed by atoms with E-state index in [9.17, 15) is 5.21 Å². The zero-order valence-electron chi connectivity index (χ0n) is 11.2. The van der Waals surface area contributed by atoms with Gasteiger partial charge in [-0.1, -0.05) is 18.6 Å². The summed E-state index contributed by atoms with van der Waals surface area (Å²) in [5.74, 6) is 0. The SMILES string of the molecule is C[NH+]([N-]O[NH+]([O-])C1CCCCC1)C1CC=CCC1. The number of nitrogens with zero attached hydrogens (tertiary/aromatic N) is 1. The highest BCUT2D eigenvalue weighted by Gasteiger charge is 2.20. The van der Waals surface area contributed by atoms with Crippen LogP contribution in [-0.4, -0.2) is 19.1 Å². The third-order valence-corrected chi connectivity index (χ3v) is 4.08. The molecule has 0 aromatic rings. The number of hydrogen-bond acceptors (Lipinski definition) is 2. The predicted octanol–water partition coefficient (Wildman–Crippen LogP) is 0.461. The lowest BCUT2D eigenvalue weighted by Gasteiger charge is -2.40. The fourth-order valence-corrected chi connectivity index (χ4v) is 2.78. The monoisotopic (exact) mass is 255 g/mol. The minimum Gasteiger partial charge on any atom is -0.601 e. The van der Waals surface area contributed by atoms with Crippen molar-refractivity contribution in [3.8, 4) is 0 Å². The third-order valence-electron chi connectivity index (χ3n) is 4.08. The summed E-state index contributed by atoms with van der Waals surface area (Å²) in [6.45, 7) is 0. The molecule has 18 heavy (non-hydrogen) atoms. The van der Waals surface area contributed by atoms with Crippen molar-refractivity contribution in [2.75, 3.05) is 7.05 Å². The molecule has 1 saturated carbocycles. The van der Waals surface area contributed by atoms with Gasteiger partial charge in [0.15, 0.2) is 0 Å². The largest absolute Gasteiger partial charge is 0.601 e. The molecule has 2 N–H and O–H groups in total. The smallest absolute Gasteiger partial charge is 0.116 e. The van der Waals surface area contributed by atoms with Crippen LogP contribution in [0, 0.1) is 5.21 Å². The average molecular weight is 255 g/mol. The molecule has 3 atom stereocenters. The van der Waals surface area contributed by atoms with E-state index >= 15 is 0 Å². The number of quaternary nitrogens is 2. The van der Waals surface area contributed by atoms with E-state index in [0.717, 1.165) is 50.0 Å². The zero-order valence-corrected chi connectivity index (χ0v) is 11.2. The van der Waals surface area contributed by atoms with E-state index in [0.29, 0.717) is 6.04 Å². The Morgan fingerprint density at radius 2 is 1.89 bits per heavy atom. The summed E-state index contributed by atoms with van der Waals surface area (Å²) in [4.78, 5) is 5.12. The van der Waals surface area contributed by atoms with Crippen molar-refractivity contribution in [3.05, 3.63) is 22.9 Å². The molecule has 104 valence electrons. The van der Waals surface area contributed by atoms with Crippen molar-refractivity contribution in [1.82, 2.24) is 0 Å². The lowest BCUT2D eigenvalue weighted by molar-refractivity contribution is -1.09.